The molecule has 0 bridgehead atoms. The van der Waals surface area contributed by atoms with Crippen molar-refractivity contribution in [1.29, 1.82) is 0 Å². The van der Waals surface area contributed by atoms with E-state index in [9.17, 15) is 0 Å². The normalized spacial score (nSPS) is 47.5. The first-order valence-electron chi connectivity index (χ1n) is 6.67. The third kappa shape index (κ3) is 2.41. The summed E-state index contributed by atoms with van der Waals surface area (Å²) >= 11 is 0. The first-order valence-corrected chi connectivity index (χ1v) is 6.67. The van der Waals surface area contributed by atoms with Gasteiger partial charge in [0.25, 0.3) is 0 Å². The smallest absolute Gasteiger partial charge is 0.186 e. The van der Waals surface area contributed by atoms with Crippen LogP contribution in [0.4, 0.5) is 0 Å². The molecule has 3 fully saturated rings. The van der Waals surface area contributed by atoms with E-state index in [0.29, 0.717) is 6.61 Å². The van der Waals surface area contributed by atoms with Crippen molar-refractivity contribution < 1.29 is 28.4 Å². The van der Waals surface area contributed by atoms with Gasteiger partial charge in [0.15, 0.2) is 17.9 Å². The Morgan fingerprint density at radius 2 is 1.53 bits per heavy atom. The minimum Gasteiger partial charge on any atom is -0.353 e. The average Bonchev–Trinajstić information content (AvgIpc) is 2.63. The minimum atomic E-state index is -0.657. The molecule has 0 radical (unpaired) electrons. The van der Waals surface area contributed by atoms with Crippen LogP contribution in [0, 0.1) is 0 Å². The van der Waals surface area contributed by atoms with Gasteiger partial charge in [-0.1, -0.05) is 0 Å². The van der Waals surface area contributed by atoms with Crippen molar-refractivity contribution in [2.75, 3.05) is 13.7 Å². The van der Waals surface area contributed by atoms with Crippen LogP contribution >= 0.6 is 0 Å². The number of methoxy groups -OCH3 is 1. The molecule has 0 unspecified atom stereocenters. The summed E-state index contributed by atoms with van der Waals surface area (Å²) in [6, 6.07) is 0. The number of hydrogen-bond donors (Lipinski definition) is 0. The van der Waals surface area contributed by atoms with Crippen LogP contribution in [0.1, 0.15) is 27.7 Å². The van der Waals surface area contributed by atoms with Crippen molar-refractivity contribution in [3.8, 4) is 0 Å². The van der Waals surface area contributed by atoms with Gasteiger partial charge in [0.05, 0.1) is 6.61 Å². The molecule has 0 amide bonds. The Labute approximate surface area is 113 Å². The molecule has 0 saturated carbocycles. The molecule has 3 aliphatic rings. The highest BCUT2D eigenvalue weighted by molar-refractivity contribution is 4.99. The summed E-state index contributed by atoms with van der Waals surface area (Å²) < 4.78 is 34.7. The third-order valence-corrected chi connectivity index (χ3v) is 3.68. The fraction of sp³-hybridized carbons (Fsp3) is 1.00. The van der Waals surface area contributed by atoms with Gasteiger partial charge >= 0.3 is 0 Å². The van der Waals surface area contributed by atoms with E-state index in [1.54, 1.807) is 7.11 Å². The lowest BCUT2D eigenvalue weighted by molar-refractivity contribution is -0.368. The molecular weight excluding hydrogens is 252 g/mol. The zero-order valence-corrected chi connectivity index (χ0v) is 12.0. The van der Waals surface area contributed by atoms with Gasteiger partial charge in [-0.3, -0.25) is 0 Å². The number of rotatable bonds is 1. The van der Waals surface area contributed by atoms with E-state index >= 15 is 0 Å². The fourth-order valence-electron chi connectivity index (χ4n) is 2.93. The lowest BCUT2D eigenvalue weighted by Gasteiger charge is -2.48. The lowest BCUT2D eigenvalue weighted by Crippen LogP contribution is -2.63. The number of ether oxygens (including phenoxy) is 6. The van der Waals surface area contributed by atoms with E-state index in [1.807, 2.05) is 27.7 Å². The summed E-state index contributed by atoms with van der Waals surface area (Å²) in [5, 5.41) is 0. The molecule has 3 heterocycles. The summed E-state index contributed by atoms with van der Waals surface area (Å²) in [5.74, 6) is -1.29. The predicted molar refractivity (Wildman–Crippen MR) is 64.4 cm³/mol. The molecule has 3 rings (SSSR count). The van der Waals surface area contributed by atoms with Crippen LogP contribution in [-0.4, -0.2) is 56.0 Å². The monoisotopic (exact) mass is 274 g/mol. The highest BCUT2D eigenvalue weighted by atomic mass is 16.8. The van der Waals surface area contributed by atoms with Crippen LogP contribution in [0.25, 0.3) is 0 Å². The first-order chi connectivity index (χ1) is 8.81. The standard InChI is InChI=1S/C13H22O6/c1-12(2)15-6-7-8(17-12)9-10(11(14-5)16-7)19-13(3,4)18-9/h7-11H,6H2,1-5H3/t7-,8+,9-,10-,11-/m0/s1. The van der Waals surface area contributed by atoms with Crippen LogP contribution in [0.3, 0.4) is 0 Å². The third-order valence-electron chi connectivity index (χ3n) is 3.68. The summed E-state index contributed by atoms with van der Waals surface area (Å²) in [4.78, 5) is 0. The fourth-order valence-corrected chi connectivity index (χ4v) is 2.93. The van der Waals surface area contributed by atoms with Crippen molar-refractivity contribution in [3.05, 3.63) is 0 Å². The SMILES string of the molecule is CO[C@H]1O[C@H]2COC(C)(C)O[C@H]2[C@@H]2OC(C)(C)O[C@H]12. The average molecular weight is 274 g/mol. The molecule has 19 heavy (non-hydrogen) atoms. The van der Waals surface area contributed by atoms with Crippen LogP contribution < -0.4 is 0 Å². The van der Waals surface area contributed by atoms with Gasteiger partial charge in [0, 0.05) is 7.11 Å². The highest BCUT2D eigenvalue weighted by Gasteiger charge is 2.58. The lowest BCUT2D eigenvalue weighted by atomic mass is 9.97. The molecule has 6 nitrogen and oxygen atoms in total. The maximum atomic E-state index is 5.98. The van der Waals surface area contributed by atoms with Crippen molar-refractivity contribution in [1.82, 2.24) is 0 Å². The van der Waals surface area contributed by atoms with E-state index in [2.05, 4.69) is 0 Å². The highest BCUT2D eigenvalue weighted by Crippen LogP contribution is 2.41. The Hall–Kier alpha value is -0.240. The van der Waals surface area contributed by atoms with Crippen molar-refractivity contribution in [3.63, 3.8) is 0 Å². The molecule has 0 aromatic rings. The van der Waals surface area contributed by atoms with E-state index in [1.165, 1.54) is 0 Å². The van der Waals surface area contributed by atoms with E-state index < -0.39 is 17.9 Å². The van der Waals surface area contributed by atoms with Crippen molar-refractivity contribution >= 4 is 0 Å². The number of fused-ring (bicyclic) bond motifs is 3. The van der Waals surface area contributed by atoms with Crippen molar-refractivity contribution in [2.45, 2.75) is 70.0 Å². The van der Waals surface area contributed by atoms with Crippen molar-refractivity contribution in [2.24, 2.45) is 0 Å². The van der Waals surface area contributed by atoms with Crippen LogP contribution in [0.2, 0.25) is 0 Å². The Morgan fingerprint density at radius 3 is 2.21 bits per heavy atom. The van der Waals surface area contributed by atoms with E-state index in [4.69, 9.17) is 28.4 Å². The van der Waals surface area contributed by atoms with Gasteiger partial charge < -0.3 is 28.4 Å². The molecular formula is C13H22O6. The van der Waals surface area contributed by atoms with Crippen LogP contribution in [0.5, 0.6) is 0 Å². The molecule has 0 N–H and O–H groups in total. The van der Waals surface area contributed by atoms with Gasteiger partial charge in [-0.05, 0) is 27.7 Å². The molecule has 110 valence electrons. The topological polar surface area (TPSA) is 55.4 Å². The second kappa shape index (κ2) is 4.38. The van der Waals surface area contributed by atoms with Crippen LogP contribution in [-0.2, 0) is 28.4 Å². The summed E-state index contributed by atoms with van der Waals surface area (Å²) in [7, 11) is 1.60. The quantitative estimate of drug-likeness (QED) is 0.712. The van der Waals surface area contributed by atoms with Crippen LogP contribution in [0.15, 0.2) is 0 Å². The van der Waals surface area contributed by atoms with Gasteiger partial charge in [-0.2, -0.15) is 0 Å². The number of hydrogen-bond acceptors (Lipinski definition) is 6. The summed E-state index contributed by atoms with van der Waals surface area (Å²) in [6.07, 6.45) is -1.35. The molecule has 0 spiro atoms. The largest absolute Gasteiger partial charge is 0.353 e. The molecule has 6 heteroatoms. The molecule has 3 saturated heterocycles. The van der Waals surface area contributed by atoms with Gasteiger partial charge in [0.1, 0.15) is 24.4 Å². The zero-order chi connectivity index (χ0) is 13.8. The van der Waals surface area contributed by atoms with Gasteiger partial charge in [0.2, 0.25) is 0 Å². The van der Waals surface area contributed by atoms with Gasteiger partial charge in [-0.15, -0.1) is 0 Å². The summed E-state index contributed by atoms with van der Waals surface area (Å²) in [5.41, 5.74) is 0. The Morgan fingerprint density at radius 1 is 0.895 bits per heavy atom. The zero-order valence-electron chi connectivity index (χ0n) is 12.0. The second-order valence-electron chi connectivity index (χ2n) is 6.14. The first kappa shape index (κ1) is 13.7. The molecule has 5 atom stereocenters. The van der Waals surface area contributed by atoms with Gasteiger partial charge in [-0.25, -0.2) is 0 Å². The maximum Gasteiger partial charge on any atom is 0.186 e. The van der Waals surface area contributed by atoms with E-state index in [0.717, 1.165) is 0 Å². The molecule has 0 aromatic carbocycles. The molecule has 0 aliphatic carbocycles. The minimum absolute atomic E-state index is 0.197. The Balaban J connectivity index is 1.85. The second-order valence-corrected chi connectivity index (χ2v) is 6.14. The van der Waals surface area contributed by atoms with E-state index in [-0.39, 0.29) is 24.4 Å². The maximum absolute atomic E-state index is 5.98. The Bertz CT molecular complexity index is 355. The Kier molecular flexibility index (Phi) is 3.16. The molecule has 3 aliphatic heterocycles. The molecule has 0 aromatic heterocycles. The summed E-state index contributed by atoms with van der Waals surface area (Å²) in [6.45, 7) is 8.02. The predicted octanol–water partition coefficient (Wildman–Crippen LogP) is 1.03.